The Morgan fingerprint density at radius 3 is 2.67 bits per heavy atom. The maximum Gasteiger partial charge on any atom is 0.230 e. The number of amides is 1. The molecule has 0 aromatic heterocycles. The third kappa shape index (κ3) is 5.93. The first-order valence-corrected chi connectivity index (χ1v) is 6.89. The van der Waals surface area contributed by atoms with E-state index in [-0.39, 0.29) is 12.5 Å². The zero-order valence-corrected chi connectivity index (χ0v) is 11.3. The number of nitrogens with one attached hydrogen (secondary N) is 1. The van der Waals surface area contributed by atoms with E-state index in [0.717, 1.165) is 23.5 Å². The molecule has 1 aromatic rings. The second-order valence-electron chi connectivity index (χ2n) is 3.74. The smallest absolute Gasteiger partial charge is 0.230 e. The molecule has 100 valence electrons. The molecule has 0 aliphatic heterocycles. The summed E-state index contributed by atoms with van der Waals surface area (Å²) in [6.45, 7) is 0.805. The van der Waals surface area contributed by atoms with Gasteiger partial charge in [0.05, 0.1) is 12.9 Å². The molecule has 0 aliphatic rings. The number of unbranched alkanes of at least 4 members (excludes halogenated alkanes) is 1. The number of aliphatic hydroxyl groups excluding tert-OH is 1. The Morgan fingerprint density at radius 2 is 2.06 bits per heavy atom. The molecule has 0 fully saturated rings. The van der Waals surface area contributed by atoms with Crippen LogP contribution in [0.25, 0.3) is 0 Å². The average Bonchev–Trinajstić information content (AvgIpc) is 2.42. The zero-order valence-electron chi connectivity index (χ0n) is 10.5. The highest BCUT2D eigenvalue weighted by Gasteiger charge is 2.02. The van der Waals surface area contributed by atoms with Gasteiger partial charge in [0.15, 0.2) is 0 Å². The number of ether oxygens (including phenoxy) is 1. The van der Waals surface area contributed by atoms with E-state index in [1.165, 1.54) is 11.8 Å². The summed E-state index contributed by atoms with van der Waals surface area (Å²) in [5, 5.41) is 11.4. The number of methoxy groups -OCH3 is 1. The van der Waals surface area contributed by atoms with Crippen LogP contribution in [0.3, 0.4) is 0 Å². The standard InChI is InChI=1S/C13H19NO3S/c1-17-11-4-6-12(7-5-11)18-10-13(16)14-8-2-3-9-15/h4-7,15H,2-3,8-10H2,1H3,(H,14,16). The molecule has 0 saturated carbocycles. The van der Waals surface area contributed by atoms with Crippen LogP contribution in [0.4, 0.5) is 0 Å². The summed E-state index contributed by atoms with van der Waals surface area (Å²) in [5.74, 6) is 1.24. The van der Waals surface area contributed by atoms with Crippen molar-refractivity contribution in [3.8, 4) is 5.75 Å². The monoisotopic (exact) mass is 269 g/mol. The van der Waals surface area contributed by atoms with Gasteiger partial charge < -0.3 is 15.2 Å². The number of carbonyl (C=O) groups is 1. The van der Waals surface area contributed by atoms with E-state index in [1.807, 2.05) is 24.3 Å². The van der Waals surface area contributed by atoms with Gasteiger partial charge in [-0.05, 0) is 37.1 Å². The Kier molecular flexibility index (Phi) is 7.29. The van der Waals surface area contributed by atoms with Gasteiger partial charge in [0.2, 0.25) is 5.91 Å². The van der Waals surface area contributed by atoms with Crippen LogP contribution in [0.1, 0.15) is 12.8 Å². The molecule has 0 spiro atoms. The van der Waals surface area contributed by atoms with E-state index in [1.54, 1.807) is 7.11 Å². The molecule has 2 N–H and O–H groups in total. The lowest BCUT2D eigenvalue weighted by Crippen LogP contribution is -2.26. The van der Waals surface area contributed by atoms with Crippen LogP contribution in [-0.4, -0.2) is 37.0 Å². The van der Waals surface area contributed by atoms with Crippen molar-refractivity contribution in [3.63, 3.8) is 0 Å². The summed E-state index contributed by atoms with van der Waals surface area (Å²) in [5.41, 5.74) is 0. The molecule has 5 heteroatoms. The number of aliphatic hydroxyl groups is 1. The number of carbonyl (C=O) groups excluding carboxylic acids is 1. The highest BCUT2D eigenvalue weighted by atomic mass is 32.2. The molecule has 0 bridgehead atoms. The second-order valence-corrected chi connectivity index (χ2v) is 4.79. The summed E-state index contributed by atoms with van der Waals surface area (Å²) in [7, 11) is 1.63. The molecule has 18 heavy (non-hydrogen) atoms. The first kappa shape index (κ1) is 14.9. The van der Waals surface area contributed by atoms with Gasteiger partial charge in [-0.1, -0.05) is 0 Å². The van der Waals surface area contributed by atoms with Gasteiger partial charge in [-0.15, -0.1) is 11.8 Å². The third-order valence-corrected chi connectivity index (χ3v) is 3.35. The lowest BCUT2D eigenvalue weighted by atomic mass is 10.3. The average molecular weight is 269 g/mol. The lowest BCUT2D eigenvalue weighted by molar-refractivity contribution is -0.118. The Bertz CT molecular complexity index is 354. The van der Waals surface area contributed by atoms with Crippen LogP contribution in [0.15, 0.2) is 29.2 Å². The van der Waals surface area contributed by atoms with Crippen LogP contribution >= 0.6 is 11.8 Å². The highest BCUT2D eigenvalue weighted by Crippen LogP contribution is 2.20. The molecule has 0 heterocycles. The van der Waals surface area contributed by atoms with Gasteiger partial charge in [-0.3, -0.25) is 4.79 Å². The van der Waals surface area contributed by atoms with Crippen molar-refractivity contribution >= 4 is 17.7 Å². The molecule has 0 saturated heterocycles. The summed E-state index contributed by atoms with van der Waals surface area (Å²) in [6.07, 6.45) is 1.54. The fourth-order valence-corrected chi connectivity index (χ4v) is 2.06. The van der Waals surface area contributed by atoms with Crippen LogP contribution in [0.2, 0.25) is 0 Å². The maximum absolute atomic E-state index is 11.5. The van der Waals surface area contributed by atoms with Crippen molar-refractivity contribution in [2.24, 2.45) is 0 Å². The number of thioether (sulfide) groups is 1. The Hall–Kier alpha value is -1.20. The topological polar surface area (TPSA) is 58.6 Å². The Morgan fingerprint density at radius 1 is 1.33 bits per heavy atom. The minimum Gasteiger partial charge on any atom is -0.497 e. The number of hydrogen-bond acceptors (Lipinski definition) is 4. The molecule has 0 aliphatic carbocycles. The molecule has 0 atom stereocenters. The van der Waals surface area contributed by atoms with Gasteiger partial charge in [-0.2, -0.15) is 0 Å². The first-order chi connectivity index (χ1) is 8.76. The van der Waals surface area contributed by atoms with Crippen LogP contribution in [0, 0.1) is 0 Å². The second kappa shape index (κ2) is 8.83. The van der Waals surface area contributed by atoms with Gasteiger partial charge >= 0.3 is 0 Å². The van der Waals surface area contributed by atoms with Crippen LogP contribution in [0.5, 0.6) is 5.75 Å². The number of rotatable bonds is 8. The van der Waals surface area contributed by atoms with E-state index in [9.17, 15) is 4.79 Å². The van der Waals surface area contributed by atoms with Crippen molar-refractivity contribution < 1.29 is 14.6 Å². The summed E-state index contributed by atoms with van der Waals surface area (Å²) in [6, 6.07) is 7.62. The highest BCUT2D eigenvalue weighted by molar-refractivity contribution is 8.00. The summed E-state index contributed by atoms with van der Waals surface area (Å²) >= 11 is 1.49. The summed E-state index contributed by atoms with van der Waals surface area (Å²) in [4.78, 5) is 12.5. The van der Waals surface area contributed by atoms with E-state index in [2.05, 4.69) is 5.32 Å². The van der Waals surface area contributed by atoms with E-state index in [0.29, 0.717) is 12.3 Å². The molecule has 1 amide bonds. The minimum absolute atomic E-state index is 0.0220. The van der Waals surface area contributed by atoms with Crippen LogP contribution < -0.4 is 10.1 Å². The van der Waals surface area contributed by atoms with E-state index >= 15 is 0 Å². The minimum atomic E-state index is 0.0220. The van der Waals surface area contributed by atoms with Gasteiger partial charge in [-0.25, -0.2) is 0 Å². The maximum atomic E-state index is 11.5. The molecule has 4 nitrogen and oxygen atoms in total. The SMILES string of the molecule is COc1ccc(SCC(=O)NCCCCO)cc1. The predicted octanol–water partition coefficient (Wildman–Crippen LogP) is 1.68. The Labute approximate surface area is 112 Å². The molecule has 0 unspecified atom stereocenters. The quantitative estimate of drug-likeness (QED) is 0.557. The lowest BCUT2D eigenvalue weighted by Gasteiger charge is -2.05. The normalized spacial score (nSPS) is 10.1. The molecule has 1 rings (SSSR count). The molecular formula is C13H19NO3S. The molecule has 0 radical (unpaired) electrons. The summed E-state index contributed by atoms with van der Waals surface area (Å²) < 4.78 is 5.06. The molecule has 1 aromatic carbocycles. The van der Waals surface area contributed by atoms with Crippen molar-refractivity contribution in [2.75, 3.05) is 26.0 Å². The van der Waals surface area contributed by atoms with Gasteiger partial charge in [0.1, 0.15) is 5.75 Å². The van der Waals surface area contributed by atoms with Crippen molar-refractivity contribution in [1.29, 1.82) is 0 Å². The number of hydrogen-bond donors (Lipinski definition) is 2. The van der Waals surface area contributed by atoms with Crippen molar-refractivity contribution in [1.82, 2.24) is 5.32 Å². The first-order valence-electron chi connectivity index (χ1n) is 5.90. The third-order valence-electron chi connectivity index (χ3n) is 2.34. The van der Waals surface area contributed by atoms with Gasteiger partial charge in [0.25, 0.3) is 0 Å². The fraction of sp³-hybridized carbons (Fsp3) is 0.462. The number of benzene rings is 1. The largest absolute Gasteiger partial charge is 0.497 e. The fourth-order valence-electron chi connectivity index (χ4n) is 1.34. The molecular weight excluding hydrogens is 250 g/mol. The van der Waals surface area contributed by atoms with Gasteiger partial charge in [0, 0.05) is 18.0 Å². The predicted molar refractivity (Wildman–Crippen MR) is 73.0 cm³/mol. The Balaban J connectivity index is 2.20. The van der Waals surface area contributed by atoms with Crippen molar-refractivity contribution in [3.05, 3.63) is 24.3 Å². The van der Waals surface area contributed by atoms with Crippen molar-refractivity contribution in [2.45, 2.75) is 17.7 Å². The van der Waals surface area contributed by atoms with E-state index < -0.39 is 0 Å². The van der Waals surface area contributed by atoms with Crippen LogP contribution in [-0.2, 0) is 4.79 Å². The zero-order chi connectivity index (χ0) is 13.2. The van der Waals surface area contributed by atoms with E-state index in [4.69, 9.17) is 9.84 Å².